The van der Waals surface area contributed by atoms with Crippen molar-refractivity contribution in [2.24, 2.45) is 0 Å². The molecule has 1 atom stereocenters. The summed E-state index contributed by atoms with van der Waals surface area (Å²) in [6, 6.07) is 14.7. The molecule has 2 aromatic heterocycles. The molecule has 0 fully saturated rings. The summed E-state index contributed by atoms with van der Waals surface area (Å²) in [5, 5.41) is 0.818. The van der Waals surface area contributed by atoms with E-state index < -0.39 is 0 Å². The number of rotatable bonds is 7. The number of hydrogen-bond acceptors (Lipinski definition) is 7. The van der Waals surface area contributed by atoms with Crippen LogP contribution in [0.2, 0.25) is 0 Å². The topological polar surface area (TPSA) is 83.0 Å². The summed E-state index contributed by atoms with van der Waals surface area (Å²) in [5.41, 5.74) is 3.15. The van der Waals surface area contributed by atoms with Gasteiger partial charge in [0.25, 0.3) is 5.91 Å². The molecular weight excluding hydrogens is 458 g/mol. The van der Waals surface area contributed by atoms with E-state index in [1.54, 1.807) is 39.9 Å². The second kappa shape index (κ2) is 10.1. The van der Waals surface area contributed by atoms with Crippen LogP contribution in [-0.4, -0.2) is 55.3 Å². The van der Waals surface area contributed by atoms with Crippen molar-refractivity contribution in [2.45, 2.75) is 12.5 Å². The normalized spacial score (nSPS) is 14.8. The molecule has 1 aliphatic heterocycles. The van der Waals surface area contributed by atoms with Gasteiger partial charge < -0.3 is 23.8 Å². The molecule has 0 aliphatic carbocycles. The summed E-state index contributed by atoms with van der Waals surface area (Å²) in [6.07, 6.45) is 5.66. The maximum atomic E-state index is 13.9. The lowest BCUT2D eigenvalue weighted by Gasteiger charge is -2.37. The van der Waals surface area contributed by atoms with Crippen LogP contribution >= 0.6 is 0 Å². The second-order valence-corrected chi connectivity index (χ2v) is 8.42. The number of carbonyl (C=O) groups excluding carboxylic acids is 1. The average Bonchev–Trinajstić information content (AvgIpc) is 2.94. The Kier molecular flexibility index (Phi) is 6.58. The van der Waals surface area contributed by atoms with Crippen LogP contribution in [0.4, 0.5) is 0 Å². The lowest BCUT2D eigenvalue weighted by molar-refractivity contribution is 0.0590. The molecule has 0 saturated carbocycles. The Morgan fingerprint density at radius 2 is 1.72 bits per heavy atom. The zero-order valence-electron chi connectivity index (χ0n) is 20.4. The van der Waals surface area contributed by atoms with E-state index in [9.17, 15) is 4.79 Å². The van der Waals surface area contributed by atoms with Crippen molar-refractivity contribution in [3.8, 4) is 23.0 Å². The SMILES string of the molecule is COc1ccc(OCC2c3cc(OC)c(OC)cc3CCN2C(=O)c2cncc3cccnc23)cc1. The summed E-state index contributed by atoms with van der Waals surface area (Å²) in [6.45, 7) is 0.771. The number of methoxy groups -OCH3 is 3. The molecule has 184 valence electrons. The van der Waals surface area contributed by atoms with Gasteiger partial charge in [-0.3, -0.25) is 14.8 Å². The first-order valence-corrected chi connectivity index (χ1v) is 11.6. The molecule has 0 radical (unpaired) electrons. The number of carbonyl (C=O) groups is 1. The Hall–Kier alpha value is -4.33. The molecule has 2 aromatic carbocycles. The first kappa shape index (κ1) is 23.4. The Bertz CT molecular complexity index is 1380. The molecule has 3 heterocycles. The van der Waals surface area contributed by atoms with E-state index in [2.05, 4.69) is 9.97 Å². The van der Waals surface area contributed by atoms with E-state index in [1.165, 1.54) is 0 Å². The minimum Gasteiger partial charge on any atom is -0.497 e. The fraction of sp³-hybridized carbons (Fsp3) is 0.250. The zero-order chi connectivity index (χ0) is 25.1. The van der Waals surface area contributed by atoms with Crippen molar-refractivity contribution < 1.29 is 23.7 Å². The minimum atomic E-state index is -0.359. The molecule has 1 aliphatic rings. The third kappa shape index (κ3) is 4.37. The van der Waals surface area contributed by atoms with Crippen molar-refractivity contribution >= 4 is 16.8 Å². The van der Waals surface area contributed by atoms with Crippen LogP contribution in [0.5, 0.6) is 23.0 Å². The van der Waals surface area contributed by atoms with Crippen molar-refractivity contribution in [3.63, 3.8) is 0 Å². The van der Waals surface area contributed by atoms with Crippen LogP contribution < -0.4 is 18.9 Å². The monoisotopic (exact) mass is 485 g/mol. The Morgan fingerprint density at radius 3 is 2.47 bits per heavy atom. The Balaban J connectivity index is 1.53. The van der Waals surface area contributed by atoms with Crippen molar-refractivity contribution in [3.05, 3.63) is 83.8 Å². The summed E-state index contributed by atoms with van der Waals surface area (Å²) in [4.78, 5) is 24.5. The molecule has 1 unspecified atom stereocenters. The van der Waals surface area contributed by atoms with E-state index in [0.29, 0.717) is 41.3 Å². The van der Waals surface area contributed by atoms with Gasteiger partial charge in [0.2, 0.25) is 0 Å². The highest BCUT2D eigenvalue weighted by Crippen LogP contribution is 2.39. The van der Waals surface area contributed by atoms with Crippen LogP contribution in [0, 0.1) is 0 Å². The molecule has 36 heavy (non-hydrogen) atoms. The number of pyridine rings is 2. The van der Waals surface area contributed by atoms with Gasteiger partial charge in [-0.1, -0.05) is 0 Å². The quantitative estimate of drug-likeness (QED) is 0.382. The van der Waals surface area contributed by atoms with Crippen LogP contribution in [0.1, 0.15) is 27.5 Å². The Morgan fingerprint density at radius 1 is 0.972 bits per heavy atom. The maximum absolute atomic E-state index is 13.9. The molecular formula is C28H27N3O5. The zero-order valence-corrected chi connectivity index (χ0v) is 20.4. The molecule has 0 bridgehead atoms. The number of amides is 1. The van der Waals surface area contributed by atoms with Gasteiger partial charge in [-0.25, -0.2) is 0 Å². The smallest absolute Gasteiger partial charge is 0.258 e. The van der Waals surface area contributed by atoms with Crippen LogP contribution in [0.25, 0.3) is 10.9 Å². The fourth-order valence-electron chi connectivity index (χ4n) is 4.61. The maximum Gasteiger partial charge on any atom is 0.258 e. The van der Waals surface area contributed by atoms with Gasteiger partial charge in [0.15, 0.2) is 11.5 Å². The van der Waals surface area contributed by atoms with E-state index in [4.69, 9.17) is 18.9 Å². The predicted octanol–water partition coefficient (Wildman–Crippen LogP) is 4.47. The highest BCUT2D eigenvalue weighted by molar-refractivity contribution is 6.05. The van der Waals surface area contributed by atoms with Crippen LogP contribution in [-0.2, 0) is 6.42 Å². The molecule has 0 spiro atoms. The highest BCUT2D eigenvalue weighted by atomic mass is 16.5. The molecule has 0 N–H and O–H groups in total. The van der Waals surface area contributed by atoms with E-state index in [1.807, 2.05) is 53.4 Å². The van der Waals surface area contributed by atoms with Gasteiger partial charge in [0, 0.05) is 30.5 Å². The van der Waals surface area contributed by atoms with Gasteiger partial charge >= 0.3 is 0 Å². The number of nitrogens with zero attached hydrogens (tertiary/aromatic N) is 3. The molecule has 5 rings (SSSR count). The number of hydrogen-bond donors (Lipinski definition) is 0. The number of ether oxygens (including phenoxy) is 4. The number of aromatic nitrogens is 2. The first-order chi connectivity index (χ1) is 17.6. The van der Waals surface area contributed by atoms with Gasteiger partial charge in [0.1, 0.15) is 18.1 Å². The van der Waals surface area contributed by atoms with Crippen LogP contribution in [0.3, 0.4) is 0 Å². The largest absolute Gasteiger partial charge is 0.497 e. The lowest BCUT2D eigenvalue weighted by atomic mass is 9.91. The third-order valence-corrected chi connectivity index (χ3v) is 6.47. The number of benzene rings is 2. The summed E-state index contributed by atoms with van der Waals surface area (Å²) in [5.74, 6) is 2.55. The van der Waals surface area contributed by atoms with Crippen LogP contribution in [0.15, 0.2) is 67.1 Å². The molecule has 8 nitrogen and oxygen atoms in total. The molecule has 4 aromatic rings. The van der Waals surface area contributed by atoms with E-state index in [0.717, 1.165) is 22.3 Å². The van der Waals surface area contributed by atoms with Crippen molar-refractivity contribution in [2.75, 3.05) is 34.5 Å². The van der Waals surface area contributed by atoms with Crippen molar-refractivity contribution in [1.82, 2.24) is 14.9 Å². The summed E-state index contributed by atoms with van der Waals surface area (Å²) < 4.78 is 22.5. The Labute approximate surface area is 209 Å². The summed E-state index contributed by atoms with van der Waals surface area (Å²) in [7, 11) is 4.84. The molecule has 0 saturated heterocycles. The highest BCUT2D eigenvalue weighted by Gasteiger charge is 2.34. The first-order valence-electron chi connectivity index (χ1n) is 11.6. The lowest BCUT2D eigenvalue weighted by Crippen LogP contribution is -2.42. The van der Waals surface area contributed by atoms with E-state index >= 15 is 0 Å². The second-order valence-electron chi connectivity index (χ2n) is 8.42. The van der Waals surface area contributed by atoms with Gasteiger partial charge in [-0.2, -0.15) is 0 Å². The van der Waals surface area contributed by atoms with Gasteiger partial charge in [0.05, 0.1) is 38.5 Å². The fourth-order valence-corrected chi connectivity index (χ4v) is 4.61. The number of fused-ring (bicyclic) bond motifs is 2. The standard InChI is InChI=1S/C28H27N3O5/c1-33-20-6-8-21(9-7-20)36-17-24-22-14-26(35-3)25(34-2)13-18(22)10-12-31(24)28(32)23-16-29-15-19-5-4-11-30-27(19)23/h4-9,11,13-16,24H,10,12,17H2,1-3H3. The third-order valence-electron chi connectivity index (χ3n) is 6.47. The average molecular weight is 486 g/mol. The molecule has 1 amide bonds. The summed E-state index contributed by atoms with van der Waals surface area (Å²) >= 11 is 0. The van der Waals surface area contributed by atoms with E-state index in [-0.39, 0.29) is 18.6 Å². The van der Waals surface area contributed by atoms with Gasteiger partial charge in [-0.05, 0) is 66.1 Å². The van der Waals surface area contributed by atoms with Gasteiger partial charge in [-0.15, -0.1) is 0 Å². The molecule has 8 heteroatoms. The minimum absolute atomic E-state index is 0.143. The predicted molar refractivity (Wildman–Crippen MR) is 135 cm³/mol. The van der Waals surface area contributed by atoms with Crippen molar-refractivity contribution in [1.29, 1.82) is 0 Å².